The quantitative estimate of drug-likeness (QED) is 0.747. The highest BCUT2D eigenvalue weighted by Crippen LogP contribution is 2.31. The number of ketones is 1. The third-order valence-corrected chi connectivity index (χ3v) is 3.54. The predicted octanol–water partition coefficient (Wildman–Crippen LogP) is 4.19. The van der Waals surface area contributed by atoms with E-state index in [1.807, 2.05) is 18.2 Å². The zero-order valence-corrected chi connectivity index (χ0v) is 10.8. The Morgan fingerprint density at radius 3 is 2.14 bits per heavy atom. The van der Waals surface area contributed by atoms with E-state index in [1.165, 1.54) is 6.42 Å². The standard InChI is InChI=1S/C11H10Br2O/c12-9-4-8(5-10(13)6-9)11(14)7-2-1-3-7/h4-7H,1-3H2. The number of hydrogen-bond donors (Lipinski definition) is 0. The average Bonchev–Trinajstić information content (AvgIpc) is 1.98. The van der Waals surface area contributed by atoms with Crippen LogP contribution >= 0.6 is 31.9 Å². The molecule has 0 bridgehead atoms. The Morgan fingerprint density at radius 1 is 1.14 bits per heavy atom. The molecule has 1 fully saturated rings. The van der Waals surface area contributed by atoms with Crippen LogP contribution in [0.2, 0.25) is 0 Å². The Balaban J connectivity index is 2.26. The molecule has 0 aliphatic heterocycles. The van der Waals surface area contributed by atoms with Gasteiger partial charge in [-0.3, -0.25) is 4.79 Å². The minimum absolute atomic E-state index is 0.274. The number of benzene rings is 1. The summed E-state index contributed by atoms with van der Waals surface area (Å²) in [6.45, 7) is 0. The van der Waals surface area contributed by atoms with Crippen LogP contribution in [-0.4, -0.2) is 5.78 Å². The molecule has 0 atom stereocenters. The van der Waals surface area contributed by atoms with E-state index in [0.717, 1.165) is 27.4 Å². The van der Waals surface area contributed by atoms with Crippen molar-refractivity contribution in [1.29, 1.82) is 0 Å². The van der Waals surface area contributed by atoms with Crippen molar-refractivity contribution in [2.45, 2.75) is 19.3 Å². The molecule has 14 heavy (non-hydrogen) atoms. The molecule has 3 heteroatoms. The van der Waals surface area contributed by atoms with Gasteiger partial charge in [-0.2, -0.15) is 0 Å². The Morgan fingerprint density at radius 2 is 1.71 bits per heavy atom. The molecule has 1 aromatic rings. The average molecular weight is 318 g/mol. The monoisotopic (exact) mass is 316 g/mol. The normalized spacial score (nSPS) is 16.4. The van der Waals surface area contributed by atoms with Gasteiger partial charge in [0.25, 0.3) is 0 Å². The maximum atomic E-state index is 11.9. The lowest BCUT2D eigenvalue weighted by Crippen LogP contribution is -2.21. The van der Waals surface area contributed by atoms with Crippen molar-refractivity contribution in [1.82, 2.24) is 0 Å². The van der Waals surface area contributed by atoms with E-state index in [-0.39, 0.29) is 5.92 Å². The minimum Gasteiger partial charge on any atom is -0.294 e. The Kier molecular flexibility index (Phi) is 3.07. The van der Waals surface area contributed by atoms with E-state index in [9.17, 15) is 4.79 Å². The number of carbonyl (C=O) groups is 1. The van der Waals surface area contributed by atoms with Gasteiger partial charge in [-0.15, -0.1) is 0 Å². The van der Waals surface area contributed by atoms with Crippen LogP contribution in [0.5, 0.6) is 0 Å². The molecule has 0 heterocycles. The van der Waals surface area contributed by atoms with E-state index >= 15 is 0 Å². The first kappa shape index (κ1) is 10.4. The van der Waals surface area contributed by atoms with Gasteiger partial charge in [-0.05, 0) is 31.0 Å². The lowest BCUT2D eigenvalue weighted by Gasteiger charge is -2.23. The third-order valence-electron chi connectivity index (χ3n) is 2.62. The van der Waals surface area contributed by atoms with Gasteiger partial charge >= 0.3 is 0 Å². The van der Waals surface area contributed by atoms with E-state index in [4.69, 9.17) is 0 Å². The van der Waals surface area contributed by atoms with Crippen molar-refractivity contribution in [3.8, 4) is 0 Å². The molecule has 0 radical (unpaired) electrons. The molecule has 1 nitrogen and oxygen atoms in total. The summed E-state index contributed by atoms with van der Waals surface area (Å²) in [5.74, 6) is 0.564. The Labute approximate surface area is 100 Å². The second-order valence-corrected chi connectivity index (χ2v) is 5.48. The molecule has 74 valence electrons. The Bertz CT molecular complexity index is 349. The fourth-order valence-corrected chi connectivity index (χ4v) is 2.90. The summed E-state index contributed by atoms with van der Waals surface area (Å²) < 4.78 is 1.91. The van der Waals surface area contributed by atoms with Crippen LogP contribution in [0.3, 0.4) is 0 Å². The van der Waals surface area contributed by atoms with Crippen molar-refractivity contribution >= 4 is 37.6 Å². The molecule has 1 aliphatic rings. The van der Waals surface area contributed by atoms with Crippen molar-refractivity contribution < 1.29 is 4.79 Å². The van der Waals surface area contributed by atoms with Crippen molar-refractivity contribution in [2.24, 2.45) is 5.92 Å². The highest BCUT2D eigenvalue weighted by atomic mass is 79.9. The summed E-state index contributed by atoms with van der Waals surface area (Å²) >= 11 is 6.78. The van der Waals surface area contributed by atoms with Crippen molar-refractivity contribution in [3.05, 3.63) is 32.7 Å². The maximum absolute atomic E-state index is 11.9. The highest BCUT2D eigenvalue weighted by Gasteiger charge is 2.26. The largest absolute Gasteiger partial charge is 0.294 e. The summed E-state index contributed by atoms with van der Waals surface area (Å²) in [4.78, 5) is 11.9. The summed E-state index contributed by atoms with van der Waals surface area (Å²) in [7, 11) is 0. The van der Waals surface area contributed by atoms with Crippen LogP contribution in [0.25, 0.3) is 0 Å². The van der Waals surface area contributed by atoms with Crippen molar-refractivity contribution in [2.75, 3.05) is 0 Å². The zero-order chi connectivity index (χ0) is 10.1. The van der Waals surface area contributed by atoms with Crippen LogP contribution < -0.4 is 0 Å². The van der Waals surface area contributed by atoms with E-state index in [0.29, 0.717) is 5.78 Å². The van der Waals surface area contributed by atoms with Gasteiger partial charge in [0.2, 0.25) is 0 Å². The predicted molar refractivity (Wildman–Crippen MR) is 63.5 cm³/mol. The molecule has 2 rings (SSSR count). The van der Waals surface area contributed by atoms with Gasteiger partial charge in [-0.1, -0.05) is 38.3 Å². The smallest absolute Gasteiger partial charge is 0.166 e. The molecule has 1 aliphatic carbocycles. The van der Waals surface area contributed by atoms with Gasteiger partial charge in [-0.25, -0.2) is 0 Å². The van der Waals surface area contributed by atoms with Gasteiger partial charge in [0, 0.05) is 20.4 Å². The zero-order valence-electron chi connectivity index (χ0n) is 7.59. The molecular weight excluding hydrogens is 308 g/mol. The molecule has 0 amide bonds. The molecule has 0 N–H and O–H groups in total. The molecule has 1 saturated carbocycles. The Hall–Kier alpha value is -0.150. The fourth-order valence-electron chi connectivity index (χ4n) is 1.60. The second kappa shape index (κ2) is 4.15. The fraction of sp³-hybridized carbons (Fsp3) is 0.364. The van der Waals surface area contributed by atoms with Crippen LogP contribution in [0, 0.1) is 5.92 Å². The number of halogens is 2. The topological polar surface area (TPSA) is 17.1 Å². The van der Waals surface area contributed by atoms with Crippen LogP contribution in [0.15, 0.2) is 27.1 Å². The van der Waals surface area contributed by atoms with Crippen LogP contribution in [0.1, 0.15) is 29.6 Å². The van der Waals surface area contributed by atoms with E-state index < -0.39 is 0 Å². The van der Waals surface area contributed by atoms with Crippen LogP contribution in [0.4, 0.5) is 0 Å². The summed E-state index contributed by atoms with van der Waals surface area (Å²) in [5, 5.41) is 0. The van der Waals surface area contributed by atoms with Crippen LogP contribution in [-0.2, 0) is 0 Å². The third kappa shape index (κ3) is 2.09. The number of carbonyl (C=O) groups excluding carboxylic acids is 1. The molecular formula is C11H10Br2O. The lowest BCUT2D eigenvalue weighted by molar-refractivity contribution is 0.0855. The summed E-state index contributed by atoms with van der Waals surface area (Å²) in [5.41, 5.74) is 0.816. The molecule has 0 unspecified atom stereocenters. The summed E-state index contributed by atoms with van der Waals surface area (Å²) in [6, 6.07) is 5.73. The van der Waals surface area contributed by atoms with Gasteiger partial charge < -0.3 is 0 Å². The highest BCUT2D eigenvalue weighted by molar-refractivity contribution is 9.11. The first-order valence-electron chi connectivity index (χ1n) is 4.67. The number of Topliss-reactive ketones (excluding diaryl/α,β-unsaturated/α-hetero) is 1. The van der Waals surface area contributed by atoms with E-state index in [1.54, 1.807) is 0 Å². The molecule has 0 spiro atoms. The van der Waals surface area contributed by atoms with Crippen molar-refractivity contribution in [3.63, 3.8) is 0 Å². The lowest BCUT2D eigenvalue weighted by atomic mass is 9.80. The van der Waals surface area contributed by atoms with Gasteiger partial charge in [0.1, 0.15) is 0 Å². The number of rotatable bonds is 2. The SMILES string of the molecule is O=C(c1cc(Br)cc(Br)c1)C1CCC1. The van der Waals surface area contributed by atoms with Gasteiger partial charge in [0.15, 0.2) is 5.78 Å². The second-order valence-electron chi connectivity index (χ2n) is 3.65. The first-order chi connectivity index (χ1) is 6.66. The molecule has 1 aromatic carbocycles. The van der Waals surface area contributed by atoms with E-state index in [2.05, 4.69) is 31.9 Å². The minimum atomic E-state index is 0.274. The molecule has 0 saturated heterocycles. The molecule has 0 aromatic heterocycles. The first-order valence-corrected chi connectivity index (χ1v) is 6.26. The maximum Gasteiger partial charge on any atom is 0.166 e. The van der Waals surface area contributed by atoms with Gasteiger partial charge in [0.05, 0.1) is 0 Å². The summed E-state index contributed by atoms with van der Waals surface area (Å²) in [6.07, 6.45) is 3.32. The number of hydrogen-bond acceptors (Lipinski definition) is 1.